The molecule has 0 spiro atoms. The second-order valence-electron chi connectivity index (χ2n) is 4.40. The van der Waals surface area contributed by atoms with Gasteiger partial charge in [0.05, 0.1) is 13.0 Å². The Kier molecular flexibility index (Phi) is 6.48. The molecule has 0 aromatic carbocycles. The summed E-state index contributed by atoms with van der Waals surface area (Å²) in [6.45, 7) is 0.408. The number of hydrogen-bond donors (Lipinski definition) is 2. The van der Waals surface area contributed by atoms with Gasteiger partial charge < -0.3 is 20.6 Å². The van der Waals surface area contributed by atoms with E-state index in [0.29, 0.717) is 25.9 Å². The third-order valence-corrected chi connectivity index (χ3v) is 3.09. The van der Waals surface area contributed by atoms with Gasteiger partial charge in [-0.15, -0.1) is 0 Å². The summed E-state index contributed by atoms with van der Waals surface area (Å²) in [7, 11) is 0. The van der Waals surface area contributed by atoms with E-state index >= 15 is 0 Å². The van der Waals surface area contributed by atoms with Crippen molar-refractivity contribution < 1.29 is 23.5 Å². The van der Waals surface area contributed by atoms with Crippen molar-refractivity contribution in [1.82, 2.24) is 4.90 Å². The van der Waals surface area contributed by atoms with Gasteiger partial charge in [0.15, 0.2) is 0 Å². The highest BCUT2D eigenvalue weighted by atomic mass is 19.3. The van der Waals surface area contributed by atoms with Gasteiger partial charge in [0.1, 0.15) is 12.4 Å². The van der Waals surface area contributed by atoms with E-state index in [9.17, 15) is 13.6 Å². The number of piperidine rings is 1. The molecule has 0 radical (unpaired) electrons. The molecule has 0 aliphatic carbocycles. The fourth-order valence-electron chi connectivity index (χ4n) is 2.00. The smallest absolute Gasteiger partial charge is 0.261 e. The molecular weight excluding hydrogens is 260 g/mol. The Labute approximate surface area is 110 Å². The molecule has 1 saturated heterocycles. The molecule has 0 saturated carbocycles. The van der Waals surface area contributed by atoms with Gasteiger partial charge >= 0.3 is 0 Å². The van der Waals surface area contributed by atoms with Crippen LogP contribution < -0.4 is 5.73 Å². The van der Waals surface area contributed by atoms with Gasteiger partial charge in [-0.1, -0.05) is 5.16 Å². The van der Waals surface area contributed by atoms with Gasteiger partial charge in [-0.2, -0.15) is 0 Å². The molecule has 0 aromatic rings. The van der Waals surface area contributed by atoms with E-state index in [2.05, 4.69) is 9.89 Å². The molecule has 8 heteroatoms. The van der Waals surface area contributed by atoms with E-state index < -0.39 is 13.0 Å². The van der Waals surface area contributed by atoms with Gasteiger partial charge in [-0.05, 0) is 12.8 Å². The lowest BCUT2D eigenvalue weighted by Gasteiger charge is -2.31. The van der Waals surface area contributed by atoms with Gasteiger partial charge in [0.25, 0.3) is 6.43 Å². The van der Waals surface area contributed by atoms with E-state index in [4.69, 9.17) is 10.9 Å². The average molecular weight is 279 g/mol. The van der Waals surface area contributed by atoms with Crippen LogP contribution in [-0.4, -0.2) is 54.6 Å². The van der Waals surface area contributed by atoms with Crippen molar-refractivity contribution in [3.63, 3.8) is 0 Å². The van der Waals surface area contributed by atoms with Crippen LogP contribution in [0.15, 0.2) is 5.16 Å². The number of carbonyl (C=O) groups is 1. The monoisotopic (exact) mass is 279 g/mol. The van der Waals surface area contributed by atoms with E-state index in [0.717, 1.165) is 0 Å². The lowest BCUT2D eigenvalue weighted by atomic mass is 9.96. The number of amidine groups is 1. The van der Waals surface area contributed by atoms with Crippen LogP contribution in [0.1, 0.15) is 19.3 Å². The van der Waals surface area contributed by atoms with Crippen LogP contribution in [0.4, 0.5) is 8.78 Å². The molecule has 1 heterocycles. The highest BCUT2D eigenvalue weighted by Gasteiger charge is 2.24. The van der Waals surface area contributed by atoms with Crippen LogP contribution in [-0.2, 0) is 9.53 Å². The molecule has 1 aliphatic rings. The minimum absolute atomic E-state index is 0.00331. The summed E-state index contributed by atoms with van der Waals surface area (Å²) in [6.07, 6.45) is -1.13. The molecule has 19 heavy (non-hydrogen) atoms. The normalized spacial score (nSPS) is 18.1. The first-order chi connectivity index (χ1) is 9.04. The Morgan fingerprint density at radius 3 is 2.63 bits per heavy atom. The fraction of sp³-hybridized carbons (Fsp3) is 0.818. The van der Waals surface area contributed by atoms with Crippen molar-refractivity contribution in [1.29, 1.82) is 0 Å². The maximum Gasteiger partial charge on any atom is 0.261 e. The summed E-state index contributed by atoms with van der Waals surface area (Å²) in [5.41, 5.74) is 5.50. The summed E-state index contributed by atoms with van der Waals surface area (Å²) in [5, 5.41) is 11.5. The number of ether oxygens (including phenoxy) is 1. The molecule has 0 atom stereocenters. The van der Waals surface area contributed by atoms with Crippen LogP contribution in [0.5, 0.6) is 0 Å². The highest BCUT2D eigenvalue weighted by Crippen LogP contribution is 2.17. The minimum atomic E-state index is -2.51. The standard InChI is InChI=1S/C11H19F2N3O3/c12-9(13)7-19-6-3-10(17)16-4-1-8(2-5-16)11(14)15-18/h8-9,18H,1-7H2,(H2,14,15). The molecule has 1 aliphatic heterocycles. The maximum atomic E-state index is 11.8. The number of hydrogen-bond acceptors (Lipinski definition) is 4. The molecule has 3 N–H and O–H groups in total. The maximum absolute atomic E-state index is 11.8. The Bertz CT molecular complexity index is 318. The van der Waals surface area contributed by atoms with E-state index in [1.807, 2.05) is 0 Å². The number of nitrogens with two attached hydrogens (primary N) is 1. The van der Waals surface area contributed by atoms with Crippen LogP contribution in [0.3, 0.4) is 0 Å². The van der Waals surface area contributed by atoms with Crippen LogP contribution in [0.2, 0.25) is 0 Å². The molecular formula is C11H19F2N3O3. The predicted octanol–water partition coefficient (Wildman–Crippen LogP) is 0.643. The SMILES string of the molecule is NC(=NO)C1CCN(C(=O)CCOCC(F)F)CC1. The predicted molar refractivity (Wildman–Crippen MR) is 64.2 cm³/mol. The number of halogens is 2. The number of alkyl halides is 2. The van der Waals surface area contributed by atoms with Crippen LogP contribution in [0.25, 0.3) is 0 Å². The fourth-order valence-corrected chi connectivity index (χ4v) is 2.00. The molecule has 0 bridgehead atoms. The van der Waals surface area contributed by atoms with Gasteiger partial charge in [-0.25, -0.2) is 8.78 Å². The third-order valence-electron chi connectivity index (χ3n) is 3.09. The largest absolute Gasteiger partial charge is 0.409 e. The zero-order chi connectivity index (χ0) is 14.3. The lowest BCUT2D eigenvalue weighted by Crippen LogP contribution is -2.42. The van der Waals surface area contributed by atoms with Crippen LogP contribution in [0, 0.1) is 5.92 Å². The summed E-state index contributed by atoms with van der Waals surface area (Å²) in [4.78, 5) is 13.4. The minimum Gasteiger partial charge on any atom is -0.409 e. The molecule has 1 rings (SSSR count). The zero-order valence-electron chi connectivity index (χ0n) is 10.6. The van der Waals surface area contributed by atoms with E-state index in [1.165, 1.54) is 0 Å². The first-order valence-electron chi connectivity index (χ1n) is 6.15. The van der Waals surface area contributed by atoms with Crippen molar-refractivity contribution in [2.75, 3.05) is 26.3 Å². The summed E-state index contributed by atoms with van der Waals surface area (Å²) in [6, 6.07) is 0. The highest BCUT2D eigenvalue weighted by molar-refractivity contribution is 5.83. The van der Waals surface area contributed by atoms with Crippen molar-refractivity contribution >= 4 is 11.7 Å². The topological polar surface area (TPSA) is 88.2 Å². The second-order valence-corrected chi connectivity index (χ2v) is 4.40. The van der Waals surface area contributed by atoms with Crippen LogP contribution >= 0.6 is 0 Å². The molecule has 6 nitrogen and oxygen atoms in total. The molecule has 0 aromatic heterocycles. The molecule has 0 unspecified atom stereocenters. The number of amides is 1. The first-order valence-corrected chi connectivity index (χ1v) is 6.15. The Morgan fingerprint density at radius 2 is 2.11 bits per heavy atom. The van der Waals surface area contributed by atoms with Crippen molar-refractivity contribution in [3.05, 3.63) is 0 Å². The number of likely N-dealkylation sites (tertiary alicyclic amines) is 1. The van der Waals surface area contributed by atoms with Gasteiger partial charge in [0, 0.05) is 19.0 Å². The Hall–Kier alpha value is -1.44. The molecule has 1 fully saturated rings. The zero-order valence-corrected chi connectivity index (χ0v) is 10.6. The van der Waals surface area contributed by atoms with E-state index in [1.54, 1.807) is 4.90 Å². The first kappa shape index (κ1) is 15.6. The quantitative estimate of drug-likeness (QED) is 0.245. The Morgan fingerprint density at radius 1 is 1.47 bits per heavy atom. The lowest BCUT2D eigenvalue weighted by molar-refractivity contribution is -0.133. The summed E-state index contributed by atoms with van der Waals surface area (Å²) in [5.74, 6) is 0.0590. The second kappa shape index (κ2) is 7.88. The molecule has 1 amide bonds. The average Bonchev–Trinajstić information content (AvgIpc) is 2.42. The molecule has 110 valence electrons. The van der Waals surface area contributed by atoms with Gasteiger partial charge in [-0.3, -0.25) is 4.79 Å². The summed E-state index contributed by atoms with van der Waals surface area (Å²) < 4.78 is 28.3. The Balaban J connectivity index is 2.22. The third kappa shape index (κ3) is 5.37. The van der Waals surface area contributed by atoms with E-state index in [-0.39, 0.29) is 30.7 Å². The van der Waals surface area contributed by atoms with Crippen molar-refractivity contribution in [2.24, 2.45) is 16.8 Å². The van der Waals surface area contributed by atoms with Crippen molar-refractivity contribution in [2.45, 2.75) is 25.7 Å². The number of oxime groups is 1. The summed E-state index contributed by atoms with van der Waals surface area (Å²) >= 11 is 0. The number of carbonyl (C=O) groups excluding carboxylic acids is 1. The number of nitrogens with zero attached hydrogens (tertiary/aromatic N) is 2. The number of rotatable bonds is 6. The van der Waals surface area contributed by atoms with Crippen molar-refractivity contribution in [3.8, 4) is 0 Å². The van der Waals surface area contributed by atoms with Gasteiger partial charge in [0.2, 0.25) is 5.91 Å².